The smallest absolute Gasteiger partial charge is 0.334 e. The van der Waals surface area contributed by atoms with Crippen LogP contribution >= 0.6 is 11.6 Å². The van der Waals surface area contributed by atoms with Crippen LogP contribution in [-0.2, 0) is 7.05 Å². The van der Waals surface area contributed by atoms with Crippen molar-refractivity contribution in [1.29, 1.82) is 0 Å². The van der Waals surface area contributed by atoms with Crippen LogP contribution in [0.3, 0.4) is 0 Å². The summed E-state index contributed by atoms with van der Waals surface area (Å²) in [7, 11) is 1.65. The third kappa shape index (κ3) is 2.66. The van der Waals surface area contributed by atoms with Gasteiger partial charge >= 0.3 is 5.69 Å². The van der Waals surface area contributed by atoms with E-state index >= 15 is 0 Å². The minimum Gasteiger partial charge on any atom is -0.457 e. The third-order valence-corrected chi connectivity index (χ3v) is 4.13. The van der Waals surface area contributed by atoms with Crippen molar-refractivity contribution in [2.75, 3.05) is 0 Å². The standard InChI is InChI=1S/C18H13ClN4O2/c1-22-17-15(16(19)20-11-21-17)23(18(22)24)12-7-9-14(10-8-12)25-13-5-3-2-4-6-13/h2-11H,1H3. The van der Waals surface area contributed by atoms with Gasteiger partial charge in [0.05, 0.1) is 5.69 Å². The lowest BCUT2D eigenvalue weighted by Gasteiger charge is -2.07. The molecule has 0 N–H and O–H groups in total. The molecule has 0 saturated heterocycles. The summed E-state index contributed by atoms with van der Waals surface area (Å²) in [5.41, 5.74) is 1.38. The van der Waals surface area contributed by atoms with Crippen molar-refractivity contribution >= 4 is 22.8 Å². The highest BCUT2D eigenvalue weighted by Gasteiger charge is 2.17. The molecule has 2 heterocycles. The van der Waals surface area contributed by atoms with Crippen LogP contribution in [0.1, 0.15) is 0 Å². The molecule has 4 rings (SSSR count). The molecule has 4 aromatic rings. The molecule has 0 aliphatic heterocycles. The molecule has 6 nitrogen and oxygen atoms in total. The molecule has 0 aliphatic rings. The van der Waals surface area contributed by atoms with Crippen LogP contribution in [0, 0.1) is 0 Å². The van der Waals surface area contributed by atoms with Gasteiger partial charge in [-0.05, 0) is 36.4 Å². The Bertz CT molecular complexity index is 1100. The van der Waals surface area contributed by atoms with Gasteiger partial charge in [-0.25, -0.2) is 14.8 Å². The van der Waals surface area contributed by atoms with Crippen molar-refractivity contribution in [2.45, 2.75) is 0 Å². The summed E-state index contributed by atoms with van der Waals surface area (Å²) < 4.78 is 8.70. The Labute approximate surface area is 147 Å². The predicted molar refractivity (Wildman–Crippen MR) is 95.6 cm³/mol. The Morgan fingerprint density at radius 2 is 1.64 bits per heavy atom. The highest BCUT2D eigenvalue weighted by Crippen LogP contribution is 2.25. The topological polar surface area (TPSA) is 61.9 Å². The average Bonchev–Trinajstić information content (AvgIpc) is 2.89. The van der Waals surface area contributed by atoms with Crippen molar-refractivity contribution in [3.63, 3.8) is 0 Å². The fourth-order valence-electron chi connectivity index (χ4n) is 2.65. The molecule has 0 spiro atoms. The quantitative estimate of drug-likeness (QED) is 0.529. The molecule has 0 atom stereocenters. The second-order valence-electron chi connectivity index (χ2n) is 5.42. The molecule has 0 saturated carbocycles. The average molecular weight is 353 g/mol. The largest absolute Gasteiger partial charge is 0.457 e. The van der Waals surface area contributed by atoms with E-state index in [4.69, 9.17) is 16.3 Å². The van der Waals surface area contributed by atoms with Gasteiger partial charge in [0.25, 0.3) is 0 Å². The molecule has 0 bridgehead atoms. The molecule has 7 heteroatoms. The van der Waals surface area contributed by atoms with Crippen LogP contribution in [0.2, 0.25) is 5.15 Å². The Balaban J connectivity index is 1.77. The Morgan fingerprint density at radius 3 is 2.36 bits per heavy atom. The molecule has 0 fully saturated rings. The van der Waals surface area contributed by atoms with Gasteiger partial charge in [-0.1, -0.05) is 29.8 Å². The van der Waals surface area contributed by atoms with Gasteiger partial charge < -0.3 is 4.74 Å². The number of rotatable bonds is 3. The maximum absolute atomic E-state index is 12.6. The summed E-state index contributed by atoms with van der Waals surface area (Å²) in [6, 6.07) is 16.7. The highest BCUT2D eigenvalue weighted by molar-refractivity contribution is 6.33. The first-order chi connectivity index (χ1) is 12.1. The molecular weight excluding hydrogens is 340 g/mol. The van der Waals surface area contributed by atoms with E-state index in [9.17, 15) is 4.79 Å². The zero-order chi connectivity index (χ0) is 17.4. The van der Waals surface area contributed by atoms with Crippen LogP contribution in [0.4, 0.5) is 0 Å². The zero-order valence-corrected chi connectivity index (χ0v) is 14.0. The van der Waals surface area contributed by atoms with Gasteiger partial charge in [-0.15, -0.1) is 0 Å². The first-order valence-electron chi connectivity index (χ1n) is 7.56. The van der Waals surface area contributed by atoms with Gasteiger partial charge in [-0.3, -0.25) is 9.13 Å². The summed E-state index contributed by atoms with van der Waals surface area (Å²) in [5, 5.41) is 0.229. The number of aryl methyl sites for hydroxylation is 1. The first-order valence-corrected chi connectivity index (χ1v) is 7.94. The van der Waals surface area contributed by atoms with Gasteiger partial charge in [0, 0.05) is 7.05 Å². The lowest BCUT2D eigenvalue weighted by molar-refractivity contribution is 0.482. The monoisotopic (exact) mass is 352 g/mol. The Hall–Kier alpha value is -3.12. The third-order valence-electron chi connectivity index (χ3n) is 3.85. The van der Waals surface area contributed by atoms with E-state index in [2.05, 4.69) is 9.97 Å². The van der Waals surface area contributed by atoms with Crippen molar-refractivity contribution in [1.82, 2.24) is 19.1 Å². The number of aromatic nitrogens is 4. The molecule has 2 aromatic heterocycles. The summed E-state index contributed by atoms with van der Waals surface area (Å²) in [6.45, 7) is 0. The van der Waals surface area contributed by atoms with E-state index in [0.717, 1.165) is 5.75 Å². The van der Waals surface area contributed by atoms with Crippen molar-refractivity contribution in [3.05, 3.63) is 76.6 Å². The van der Waals surface area contributed by atoms with E-state index in [0.29, 0.717) is 22.6 Å². The molecule has 0 amide bonds. The molecular formula is C18H13ClN4O2. The molecule has 0 radical (unpaired) electrons. The predicted octanol–water partition coefficient (Wildman–Crippen LogP) is 3.56. The second kappa shape index (κ2) is 6.07. The molecule has 0 unspecified atom stereocenters. The number of ether oxygens (including phenoxy) is 1. The number of fused-ring (bicyclic) bond motifs is 1. The number of benzene rings is 2. The van der Waals surface area contributed by atoms with Crippen molar-refractivity contribution in [3.8, 4) is 17.2 Å². The number of imidazole rings is 1. The van der Waals surface area contributed by atoms with Crippen LogP contribution < -0.4 is 10.4 Å². The van der Waals surface area contributed by atoms with E-state index in [-0.39, 0.29) is 10.8 Å². The minimum atomic E-state index is -0.242. The van der Waals surface area contributed by atoms with Crippen LogP contribution in [-0.4, -0.2) is 19.1 Å². The summed E-state index contributed by atoms with van der Waals surface area (Å²) in [6.07, 6.45) is 1.34. The van der Waals surface area contributed by atoms with Gasteiger partial charge in [0.1, 0.15) is 23.3 Å². The van der Waals surface area contributed by atoms with E-state index in [1.165, 1.54) is 15.5 Å². The summed E-state index contributed by atoms with van der Waals surface area (Å²) in [5.74, 6) is 1.42. The van der Waals surface area contributed by atoms with E-state index < -0.39 is 0 Å². The number of halogens is 1. The minimum absolute atomic E-state index is 0.229. The van der Waals surface area contributed by atoms with Gasteiger partial charge in [0.15, 0.2) is 10.8 Å². The van der Waals surface area contributed by atoms with Gasteiger partial charge in [0.2, 0.25) is 0 Å². The van der Waals surface area contributed by atoms with Crippen LogP contribution in [0.5, 0.6) is 11.5 Å². The van der Waals surface area contributed by atoms with Crippen molar-refractivity contribution in [2.24, 2.45) is 7.05 Å². The summed E-state index contributed by atoms with van der Waals surface area (Å²) in [4.78, 5) is 20.7. The Morgan fingerprint density at radius 1 is 0.960 bits per heavy atom. The van der Waals surface area contributed by atoms with Crippen LogP contribution in [0.25, 0.3) is 16.9 Å². The lowest BCUT2D eigenvalue weighted by Crippen LogP contribution is -2.20. The zero-order valence-electron chi connectivity index (χ0n) is 13.3. The normalized spacial score (nSPS) is 11.0. The highest BCUT2D eigenvalue weighted by atomic mass is 35.5. The first kappa shape index (κ1) is 15.4. The molecule has 0 aliphatic carbocycles. The molecule has 25 heavy (non-hydrogen) atoms. The SMILES string of the molecule is Cn1c(=O)n(-c2ccc(Oc3ccccc3)cc2)c2c(Cl)ncnc21. The van der Waals surface area contributed by atoms with Crippen LogP contribution in [0.15, 0.2) is 65.7 Å². The Kier molecular flexibility index (Phi) is 3.74. The number of para-hydroxylation sites is 1. The molecule has 124 valence electrons. The molecule has 2 aromatic carbocycles. The fraction of sp³-hybridized carbons (Fsp3) is 0.0556. The van der Waals surface area contributed by atoms with Gasteiger partial charge in [-0.2, -0.15) is 0 Å². The second-order valence-corrected chi connectivity index (χ2v) is 5.78. The maximum atomic E-state index is 12.6. The number of hydrogen-bond donors (Lipinski definition) is 0. The van der Waals surface area contributed by atoms with Crippen molar-refractivity contribution < 1.29 is 4.74 Å². The van der Waals surface area contributed by atoms with E-state index in [1.807, 2.05) is 30.3 Å². The maximum Gasteiger partial charge on any atom is 0.334 e. The number of hydrogen-bond acceptors (Lipinski definition) is 4. The number of nitrogens with zero attached hydrogens (tertiary/aromatic N) is 4. The summed E-state index contributed by atoms with van der Waals surface area (Å²) >= 11 is 6.19. The fourth-order valence-corrected chi connectivity index (χ4v) is 2.86. The lowest BCUT2D eigenvalue weighted by atomic mass is 10.3. The van der Waals surface area contributed by atoms with E-state index in [1.54, 1.807) is 31.3 Å².